The van der Waals surface area contributed by atoms with Crippen LogP contribution in [0.3, 0.4) is 0 Å². The second-order valence-corrected chi connectivity index (χ2v) is 6.59. The topological polar surface area (TPSA) is 53.8 Å². The monoisotopic (exact) mass is 351 g/mol. The van der Waals surface area contributed by atoms with Crippen molar-refractivity contribution in [3.63, 3.8) is 0 Å². The van der Waals surface area contributed by atoms with Crippen molar-refractivity contribution in [2.75, 3.05) is 13.1 Å². The lowest BCUT2D eigenvalue weighted by Gasteiger charge is -2.21. The first-order valence-corrected chi connectivity index (χ1v) is 9.26. The number of allylic oxidation sites excluding steroid dienone is 1. The molecule has 1 N–H and O–H groups in total. The maximum atomic E-state index is 12.7. The summed E-state index contributed by atoms with van der Waals surface area (Å²) in [6.07, 6.45) is 2.72. The number of benzene rings is 2. The van der Waals surface area contributed by atoms with Gasteiger partial charge < -0.3 is 14.7 Å². The number of hydrogen-bond donors (Lipinski definition) is 1. The van der Waals surface area contributed by atoms with Crippen LogP contribution in [0, 0.1) is 0 Å². The molecular formula is C22H25NO3. The van der Waals surface area contributed by atoms with Crippen molar-refractivity contribution in [2.24, 2.45) is 0 Å². The lowest BCUT2D eigenvalue weighted by molar-refractivity contribution is -0.910. The molecule has 4 heteroatoms. The molecule has 0 saturated heterocycles. The highest BCUT2D eigenvalue weighted by Gasteiger charge is 2.30. The predicted molar refractivity (Wildman–Crippen MR) is 100 cm³/mol. The number of carbonyl (C=O) groups excluding carboxylic acids is 1. The van der Waals surface area contributed by atoms with Crippen molar-refractivity contribution in [3.05, 3.63) is 64.4 Å². The van der Waals surface area contributed by atoms with Crippen LogP contribution >= 0.6 is 0 Å². The minimum atomic E-state index is -0.157. The number of ketones is 1. The van der Waals surface area contributed by atoms with E-state index < -0.39 is 0 Å². The van der Waals surface area contributed by atoms with Gasteiger partial charge in [0.15, 0.2) is 5.76 Å². The van der Waals surface area contributed by atoms with Gasteiger partial charge >= 0.3 is 0 Å². The molecular weight excluding hydrogens is 326 g/mol. The Morgan fingerprint density at radius 1 is 1.04 bits per heavy atom. The van der Waals surface area contributed by atoms with Gasteiger partial charge in [-0.1, -0.05) is 43.0 Å². The average molecular weight is 351 g/mol. The van der Waals surface area contributed by atoms with Gasteiger partial charge in [0.1, 0.15) is 12.3 Å². The fourth-order valence-corrected chi connectivity index (χ4v) is 3.21. The first-order valence-electron chi connectivity index (χ1n) is 9.26. The van der Waals surface area contributed by atoms with Crippen molar-refractivity contribution in [3.8, 4) is 11.5 Å². The second kappa shape index (κ2) is 7.75. The highest BCUT2D eigenvalue weighted by Crippen LogP contribution is 2.38. The van der Waals surface area contributed by atoms with Crippen LogP contribution in [0.2, 0.25) is 0 Å². The Labute approximate surface area is 154 Å². The van der Waals surface area contributed by atoms with E-state index in [2.05, 4.69) is 20.8 Å². The summed E-state index contributed by atoms with van der Waals surface area (Å²) in [5, 5.41) is 12.4. The summed E-state index contributed by atoms with van der Waals surface area (Å²) in [4.78, 5) is 14.0. The molecule has 1 heterocycles. The third-order valence-electron chi connectivity index (χ3n) is 5.01. The van der Waals surface area contributed by atoms with Crippen LogP contribution in [0.4, 0.5) is 0 Å². The molecule has 2 aromatic carbocycles. The molecule has 0 aliphatic carbocycles. The number of hydrogen-bond acceptors (Lipinski definition) is 3. The quantitative estimate of drug-likeness (QED) is 0.813. The number of nitrogens with one attached hydrogen (secondary N) is 1. The summed E-state index contributed by atoms with van der Waals surface area (Å²) in [6, 6.07) is 11.1. The maximum Gasteiger partial charge on any atom is 0.231 e. The second-order valence-electron chi connectivity index (χ2n) is 6.59. The Kier molecular flexibility index (Phi) is 5.43. The van der Waals surface area contributed by atoms with Crippen molar-refractivity contribution >= 4 is 11.9 Å². The van der Waals surface area contributed by atoms with Gasteiger partial charge in [0.05, 0.1) is 18.7 Å². The molecule has 4 nitrogen and oxygen atoms in total. The number of quaternary nitrogens is 1. The number of rotatable bonds is 6. The highest BCUT2D eigenvalue weighted by molar-refractivity contribution is 6.14. The molecule has 0 atom stereocenters. The van der Waals surface area contributed by atoms with E-state index in [1.165, 1.54) is 16.5 Å². The maximum absolute atomic E-state index is 12.7. The van der Waals surface area contributed by atoms with Crippen LogP contribution in [-0.4, -0.2) is 18.9 Å². The van der Waals surface area contributed by atoms with E-state index in [4.69, 9.17) is 4.74 Å². The van der Waals surface area contributed by atoms with Gasteiger partial charge in [0.2, 0.25) is 5.78 Å². The fourth-order valence-electron chi connectivity index (χ4n) is 3.21. The van der Waals surface area contributed by atoms with E-state index >= 15 is 0 Å². The van der Waals surface area contributed by atoms with Crippen molar-refractivity contribution in [2.45, 2.75) is 33.7 Å². The minimum Gasteiger partial charge on any atom is -0.872 e. The standard InChI is InChI=1S/C22H25NO3/c1-4-15-7-9-16(10-8-15)13-20-21(25)17-11-12-19(24)18(22(17)26-20)14-23(5-2)6-3/h7-13,24H,4-6,14H2,1-3H3/b20-13-. The Hall–Kier alpha value is -2.59. The summed E-state index contributed by atoms with van der Waals surface area (Å²) in [5.41, 5.74) is 3.24. The van der Waals surface area contributed by atoms with Gasteiger partial charge in [-0.25, -0.2) is 0 Å². The van der Waals surface area contributed by atoms with Crippen LogP contribution in [0.1, 0.15) is 47.8 Å². The van der Waals surface area contributed by atoms with Gasteiger partial charge in [-0.2, -0.15) is 0 Å². The van der Waals surface area contributed by atoms with Gasteiger partial charge in [-0.05, 0) is 43.5 Å². The average Bonchev–Trinajstić information content (AvgIpc) is 2.97. The van der Waals surface area contributed by atoms with Crippen LogP contribution < -0.4 is 14.7 Å². The molecule has 26 heavy (non-hydrogen) atoms. The number of carbonyl (C=O) groups is 1. The first-order chi connectivity index (χ1) is 12.6. The number of fused-ring (bicyclic) bond motifs is 1. The van der Waals surface area contributed by atoms with Gasteiger partial charge in [-0.15, -0.1) is 0 Å². The van der Waals surface area contributed by atoms with E-state index in [1.54, 1.807) is 12.1 Å². The summed E-state index contributed by atoms with van der Waals surface area (Å²) < 4.78 is 5.88. The molecule has 1 aliphatic heterocycles. The molecule has 0 spiro atoms. The molecule has 0 radical (unpaired) electrons. The lowest BCUT2D eigenvalue weighted by atomic mass is 10.0. The Balaban J connectivity index is 1.93. The third kappa shape index (κ3) is 3.51. The largest absolute Gasteiger partial charge is 0.872 e. The van der Waals surface area contributed by atoms with Gasteiger partial charge in [-0.3, -0.25) is 4.79 Å². The Morgan fingerprint density at radius 2 is 1.73 bits per heavy atom. The molecule has 1 aliphatic rings. The van der Waals surface area contributed by atoms with Crippen LogP contribution in [-0.2, 0) is 13.0 Å². The van der Waals surface area contributed by atoms with Crippen molar-refractivity contribution in [1.82, 2.24) is 0 Å². The first kappa shape index (κ1) is 18.2. The molecule has 0 fully saturated rings. The fraction of sp³-hybridized carbons (Fsp3) is 0.318. The van der Waals surface area contributed by atoms with E-state index in [0.29, 0.717) is 23.4 Å². The van der Waals surface area contributed by atoms with E-state index in [-0.39, 0.29) is 17.3 Å². The number of Topliss-reactive ketones (excluding diaryl/α,β-unsaturated/α-hetero) is 1. The molecule has 3 rings (SSSR count). The van der Waals surface area contributed by atoms with Crippen LogP contribution in [0.5, 0.6) is 11.5 Å². The minimum absolute atomic E-state index is 0.0653. The Morgan fingerprint density at radius 3 is 2.35 bits per heavy atom. The Bertz CT molecular complexity index is 833. The molecule has 0 saturated carbocycles. The summed E-state index contributed by atoms with van der Waals surface area (Å²) in [6.45, 7) is 8.68. The van der Waals surface area contributed by atoms with E-state index in [9.17, 15) is 9.90 Å². The molecule has 136 valence electrons. The van der Waals surface area contributed by atoms with Crippen LogP contribution in [0.25, 0.3) is 6.08 Å². The predicted octanol–water partition coefficient (Wildman–Crippen LogP) is 2.36. The smallest absolute Gasteiger partial charge is 0.231 e. The highest BCUT2D eigenvalue weighted by atomic mass is 16.5. The molecule has 2 aromatic rings. The molecule has 0 unspecified atom stereocenters. The molecule has 0 aromatic heterocycles. The summed E-state index contributed by atoms with van der Waals surface area (Å²) >= 11 is 0. The number of ether oxygens (including phenoxy) is 1. The van der Waals surface area contributed by atoms with E-state index in [1.807, 2.05) is 24.3 Å². The van der Waals surface area contributed by atoms with Gasteiger partial charge in [0, 0.05) is 5.56 Å². The third-order valence-corrected chi connectivity index (χ3v) is 5.01. The van der Waals surface area contributed by atoms with Gasteiger partial charge in [0.25, 0.3) is 0 Å². The molecule has 0 amide bonds. The SMILES string of the molecule is CCc1ccc(/C=C2\Oc3c(ccc([O-])c3C[NH+](CC)CC)C2=O)cc1. The zero-order valence-corrected chi connectivity index (χ0v) is 15.6. The lowest BCUT2D eigenvalue weighted by Crippen LogP contribution is -3.10. The van der Waals surface area contributed by atoms with Crippen molar-refractivity contribution in [1.29, 1.82) is 0 Å². The molecule has 0 bridgehead atoms. The van der Waals surface area contributed by atoms with E-state index in [0.717, 1.165) is 25.1 Å². The van der Waals surface area contributed by atoms with Crippen molar-refractivity contribution < 1.29 is 19.5 Å². The van der Waals surface area contributed by atoms with Crippen LogP contribution in [0.15, 0.2) is 42.2 Å². The normalized spacial score (nSPS) is 14.8. The summed E-state index contributed by atoms with van der Waals surface area (Å²) in [5.74, 6) is 0.504. The summed E-state index contributed by atoms with van der Waals surface area (Å²) in [7, 11) is 0. The zero-order valence-electron chi connectivity index (χ0n) is 15.6. The number of aryl methyl sites for hydroxylation is 1. The zero-order chi connectivity index (χ0) is 18.7.